The monoisotopic (exact) mass is 534 g/mol. The lowest BCUT2D eigenvalue weighted by Gasteiger charge is -2.14. The molecule has 1 saturated heterocycles. The largest absolute Gasteiger partial charge is 0.493 e. The average molecular weight is 535 g/mol. The van der Waals surface area contributed by atoms with E-state index in [-0.39, 0.29) is 17.7 Å². The molecule has 2 aromatic carbocycles. The van der Waals surface area contributed by atoms with Crippen LogP contribution in [0.2, 0.25) is 10.0 Å². The van der Waals surface area contributed by atoms with Gasteiger partial charge in [-0.2, -0.15) is 0 Å². The Morgan fingerprint density at radius 3 is 2.70 bits per heavy atom. The summed E-state index contributed by atoms with van der Waals surface area (Å²) in [6.45, 7) is 0.262. The lowest BCUT2D eigenvalue weighted by molar-refractivity contribution is -0.115. The van der Waals surface area contributed by atoms with Crippen molar-refractivity contribution < 1.29 is 14.3 Å². The molecule has 1 heterocycles. The van der Waals surface area contributed by atoms with Crippen LogP contribution in [0.1, 0.15) is 11.1 Å². The number of carbonyl (C=O) groups is 1. The quantitative estimate of drug-likeness (QED) is 0.402. The summed E-state index contributed by atoms with van der Waals surface area (Å²) in [5, 5.41) is 11.2. The molecule has 27 heavy (non-hydrogen) atoms. The summed E-state index contributed by atoms with van der Waals surface area (Å²) in [4.78, 5) is 12.2. The van der Waals surface area contributed by atoms with Gasteiger partial charge in [-0.3, -0.25) is 10.2 Å². The Kier molecular flexibility index (Phi) is 6.56. The lowest BCUT2D eigenvalue weighted by atomic mass is 10.2. The summed E-state index contributed by atoms with van der Waals surface area (Å²) >= 11 is 15.3. The molecule has 1 aliphatic heterocycles. The smallest absolute Gasteiger partial charge is 0.264 e. The van der Waals surface area contributed by atoms with Crippen LogP contribution in [0, 0.1) is 8.98 Å². The van der Waals surface area contributed by atoms with Crippen LogP contribution in [-0.2, 0) is 11.4 Å². The summed E-state index contributed by atoms with van der Waals surface area (Å²) < 4.78 is 12.2. The highest BCUT2D eigenvalue weighted by molar-refractivity contribution is 14.1. The molecule has 3 rings (SSSR count). The van der Waals surface area contributed by atoms with Gasteiger partial charge in [0.15, 0.2) is 16.7 Å². The minimum Gasteiger partial charge on any atom is -0.493 e. The number of amides is 1. The fourth-order valence-electron chi connectivity index (χ4n) is 2.34. The van der Waals surface area contributed by atoms with E-state index in [2.05, 4.69) is 27.9 Å². The molecular formula is C18H13Cl2IN2O3S. The molecule has 0 spiro atoms. The first kappa shape index (κ1) is 20.3. The molecule has 2 N–H and O–H groups in total. The molecule has 1 aliphatic rings. The Labute approximate surface area is 184 Å². The van der Waals surface area contributed by atoms with Crippen molar-refractivity contribution in [1.82, 2.24) is 5.32 Å². The zero-order chi connectivity index (χ0) is 19.6. The zero-order valence-electron chi connectivity index (χ0n) is 13.9. The third-order valence-corrected chi connectivity index (χ3v) is 5.82. The van der Waals surface area contributed by atoms with Crippen LogP contribution in [-0.4, -0.2) is 18.2 Å². The fourth-order valence-corrected chi connectivity index (χ4v) is 4.29. The Hall–Kier alpha value is -1.42. The number of rotatable bonds is 5. The molecule has 0 aliphatic carbocycles. The number of methoxy groups -OCH3 is 1. The predicted molar refractivity (Wildman–Crippen MR) is 118 cm³/mol. The number of amidine groups is 1. The van der Waals surface area contributed by atoms with E-state index in [1.807, 2.05) is 12.1 Å². The normalized spacial score (nSPS) is 15.2. The van der Waals surface area contributed by atoms with Gasteiger partial charge in [0.2, 0.25) is 0 Å². The van der Waals surface area contributed by atoms with E-state index in [0.717, 1.165) is 26.5 Å². The molecule has 2 aromatic rings. The fraction of sp³-hybridized carbons (Fsp3) is 0.111. The first-order valence-electron chi connectivity index (χ1n) is 7.61. The topological polar surface area (TPSA) is 71.4 Å². The lowest BCUT2D eigenvalue weighted by Crippen LogP contribution is -2.18. The van der Waals surface area contributed by atoms with Gasteiger partial charge in [-0.05, 0) is 70.3 Å². The number of hydrogen-bond donors (Lipinski definition) is 2. The number of carbonyl (C=O) groups excluding carboxylic acids is 1. The summed E-state index contributed by atoms with van der Waals surface area (Å²) in [6.07, 6.45) is 1.71. The molecule has 0 unspecified atom stereocenters. The van der Waals surface area contributed by atoms with Gasteiger partial charge in [-0.1, -0.05) is 29.3 Å². The molecule has 9 heteroatoms. The van der Waals surface area contributed by atoms with Crippen LogP contribution in [0.3, 0.4) is 0 Å². The number of thioether (sulfide) groups is 1. The van der Waals surface area contributed by atoms with Crippen LogP contribution in [0.4, 0.5) is 0 Å². The minimum absolute atomic E-state index is 0.118. The van der Waals surface area contributed by atoms with Crippen molar-refractivity contribution in [3.8, 4) is 11.5 Å². The molecule has 0 saturated carbocycles. The summed E-state index contributed by atoms with van der Waals surface area (Å²) in [6, 6.07) is 8.90. The standard InChI is InChI=1S/C18H13Cl2IN2O3S/c1-25-14-5-9(6-15-17(24)23-18(22)27-15)4-13(21)16(14)26-8-10-2-3-11(19)7-12(10)20/h2-7H,8H2,1H3,(H2,22,23,24)/b15-6+. The van der Waals surface area contributed by atoms with E-state index in [9.17, 15) is 4.79 Å². The van der Waals surface area contributed by atoms with Crippen LogP contribution >= 0.6 is 57.6 Å². The number of benzene rings is 2. The van der Waals surface area contributed by atoms with Crippen molar-refractivity contribution >= 4 is 74.7 Å². The van der Waals surface area contributed by atoms with E-state index in [1.54, 1.807) is 31.4 Å². The number of halogens is 3. The third-order valence-electron chi connectivity index (χ3n) is 3.60. The molecule has 0 radical (unpaired) electrons. The molecule has 1 fully saturated rings. The Bertz CT molecular complexity index is 966. The maximum Gasteiger partial charge on any atom is 0.264 e. The van der Waals surface area contributed by atoms with Crippen molar-refractivity contribution in [3.63, 3.8) is 0 Å². The number of hydrogen-bond acceptors (Lipinski definition) is 5. The average Bonchev–Trinajstić information content (AvgIpc) is 2.92. The van der Waals surface area contributed by atoms with Crippen molar-refractivity contribution in [1.29, 1.82) is 5.41 Å². The van der Waals surface area contributed by atoms with Gasteiger partial charge in [-0.15, -0.1) is 0 Å². The highest BCUT2D eigenvalue weighted by atomic mass is 127. The molecular weight excluding hydrogens is 522 g/mol. The Balaban J connectivity index is 1.85. The molecule has 0 bridgehead atoms. The van der Waals surface area contributed by atoms with Gasteiger partial charge < -0.3 is 14.8 Å². The maximum atomic E-state index is 11.8. The second-order valence-corrected chi connectivity index (χ2v) is 8.51. The molecule has 5 nitrogen and oxygen atoms in total. The van der Waals surface area contributed by atoms with Crippen LogP contribution in [0.5, 0.6) is 11.5 Å². The van der Waals surface area contributed by atoms with Gasteiger partial charge in [-0.25, -0.2) is 0 Å². The number of nitrogens with one attached hydrogen (secondary N) is 2. The first-order chi connectivity index (χ1) is 12.9. The predicted octanol–water partition coefficient (Wildman–Crippen LogP) is 5.32. The molecule has 140 valence electrons. The molecule has 1 amide bonds. The zero-order valence-corrected chi connectivity index (χ0v) is 18.4. The van der Waals surface area contributed by atoms with Crippen molar-refractivity contribution in [2.45, 2.75) is 6.61 Å². The summed E-state index contributed by atoms with van der Waals surface area (Å²) in [7, 11) is 1.55. The van der Waals surface area contributed by atoms with E-state index < -0.39 is 0 Å². The molecule has 0 atom stereocenters. The van der Waals surface area contributed by atoms with Crippen molar-refractivity contribution in [2.75, 3.05) is 7.11 Å². The SMILES string of the molecule is COc1cc(/C=C2/SC(=N)NC2=O)cc(I)c1OCc1ccc(Cl)cc1Cl. The summed E-state index contributed by atoms with van der Waals surface area (Å²) in [5.41, 5.74) is 1.59. The van der Waals surface area contributed by atoms with E-state index in [1.165, 1.54) is 0 Å². The van der Waals surface area contributed by atoms with Gasteiger partial charge in [0, 0.05) is 15.6 Å². The molecule has 0 aromatic heterocycles. The van der Waals surface area contributed by atoms with E-state index in [0.29, 0.717) is 26.4 Å². The van der Waals surface area contributed by atoms with E-state index >= 15 is 0 Å². The van der Waals surface area contributed by atoms with Crippen LogP contribution in [0.15, 0.2) is 35.2 Å². The highest BCUT2D eigenvalue weighted by Gasteiger charge is 2.22. The third kappa shape index (κ3) is 4.90. The van der Waals surface area contributed by atoms with Crippen molar-refractivity contribution in [3.05, 3.63) is 60.0 Å². The highest BCUT2D eigenvalue weighted by Crippen LogP contribution is 2.36. The van der Waals surface area contributed by atoms with E-state index in [4.69, 9.17) is 38.1 Å². The van der Waals surface area contributed by atoms with Crippen LogP contribution in [0.25, 0.3) is 6.08 Å². The van der Waals surface area contributed by atoms with Crippen molar-refractivity contribution in [2.24, 2.45) is 0 Å². The second-order valence-electron chi connectivity index (χ2n) is 5.45. The first-order valence-corrected chi connectivity index (χ1v) is 10.3. The summed E-state index contributed by atoms with van der Waals surface area (Å²) in [5.74, 6) is 0.844. The Morgan fingerprint density at radius 1 is 1.30 bits per heavy atom. The van der Waals surface area contributed by atoms with Gasteiger partial charge >= 0.3 is 0 Å². The second kappa shape index (κ2) is 8.72. The Morgan fingerprint density at radius 2 is 2.07 bits per heavy atom. The van der Waals surface area contributed by atoms with Gasteiger partial charge in [0.1, 0.15) is 6.61 Å². The maximum absolute atomic E-state index is 11.8. The van der Waals surface area contributed by atoms with Crippen LogP contribution < -0.4 is 14.8 Å². The van der Waals surface area contributed by atoms with Gasteiger partial charge in [0.05, 0.1) is 15.6 Å². The van der Waals surface area contributed by atoms with Gasteiger partial charge in [0.25, 0.3) is 5.91 Å². The minimum atomic E-state index is -0.281. The number of ether oxygens (including phenoxy) is 2.